The van der Waals surface area contributed by atoms with Gasteiger partial charge in [0.25, 0.3) is 5.91 Å². The van der Waals surface area contributed by atoms with Crippen molar-refractivity contribution in [2.75, 3.05) is 6.54 Å². The maximum atomic E-state index is 12.8. The molecule has 1 aromatic carbocycles. The summed E-state index contributed by atoms with van der Waals surface area (Å²) in [4.78, 5) is 13.1. The number of halogens is 6. The van der Waals surface area contributed by atoms with Crippen LogP contribution >= 0.6 is 0 Å². The predicted molar refractivity (Wildman–Crippen MR) is 75.8 cm³/mol. The van der Waals surface area contributed by atoms with Crippen LogP contribution in [-0.2, 0) is 28.5 Å². The maximum absolute atomic E-state index is 12.8. The fraction of sp³-hybridized carbons (Fsp3) is 0.562. The van der Waals surface area contributed by atoms with E-state index < -0.39 is 48.2 Å². The van der Waals surface area contributed by atoms with E-state index in [0.29, 0.717) is 18.6 Å². The Morgan fingerprint density at radius 2 is 1.62 bits per heavy atom. The Labute approximate surface area is 144 Å². The molecule has 2 aliphatic heterocycles. The lowest BCUT2D eigenvalue weighted by atomic mass is 10.0. The molecule has 3 rings (SSSR count). The Bertz CT molecular complexity index is 670. The monoisotopic (exact) mass is 383 g/mol. The average molecular weight is 383 g/mol. The smallest absolute Gasteiger partial charge is 0.383 e. The van der Waals surface area contributed by atoms with E-state index in [1.54, 1.807) is 0 Å². The Kier molecular flexibility index (Phi) is 4.68. The highest BCUT2D eigenvalue weighted by atomic mass is 19.4. The molecule has 144 valence electrons. The van der Waals surface area contributed by atoms with Gasteiger partial charge in [0.05, 0.1) is 23.8 Å². The first-order valence-corrected chi connectivity index (χ1v) is 7.83. The van der Waals surface area contributed by atoms with Crippen LogP contribution in [0.15, 0.2) is 18.2 Å². The highest BCUT2D eigenvalue weighted by Gasteiger charge is 2.45. The zero-order valence-corrected chi connectivity index (χ0v) is 13.3. The van der Waals surface area contributed by atoms with Gasteiger partial charge in [-0.1, -0.05) is 0 Å². The summed E-state index contributed by atoms with van der Waals surface area (Å²) in [5.41, 5.74) is -3.03. The number of fused-ring (bicyclic) bond motifs is 1. The van der Waals surface area contributed by atoms with Crippen LogP contribution in [0.5, 0.6) is 0 Å². The van der Waals surface area contributed by atoms with Crippen LogP contribution in [0.2, 0.25) is 0 Å². The van der Waals surface area contributed by atoms with Crippen molar-refractivity contribution in [1.82, 2.24) is 4.90 Å². The van der Waals surface area contributed by atoms with E-state index >= 15 is 0 Å². The number of hydrogen-bond acceptors (Lipinski definition) is 3. The van der Waals surface area contributed by atoms with Gasteiger partial charge in [-0.05, 0) is 30.2 Å². The first-order chi connectivity index (χ1) is 11.9. The third-order valence-corrected chi connectivity index (χ3v) is 4.57. The summed E-state index contributed by atoms with van der Waals surface area (Å²) in [6.45, 7) is -0.277. The third kappa shape index (κ3) is 3.80. The number of alkyl halides is 6. The summed E-state index contributed by atoms with van der Waals surface area (Å²) in [5.74, 6) is -0.431. The molecule has 1 unspecified atom stereocenters. The molecular weight excluding hydrogens is 368 g/mol. The topological polar surface area (TPSA) is 49.8 Å². The Morgan fingerprint density at radius 1 is 1.04 bits per heavy atom. The number of aliphatic hydroxyl groups excluding tert-OH is 1. The fourth-order valence-corrected chi connectivity index (χ4v) is 3.35. The van der Waals surface area contributed by atoms with Gasteiger partial charge in [-0.3, -0.25) is 4.79 Å². The second kappa shape index (κ2) is 6.41. The van der Waals surface area contributed by atoms with Gasteiger partial charge >= 0.3 is 12.4 Å². The van der Waals surface area contributed by atoms with Crippen molar-refractivity contribution in [2.24, 2.45) is 0 Å². The number of hydrogen-bond donors (Lipinski definition) is 1. The molecule has 1 N–H and O–H groups in total. The molecule has 0 saturated carbocycles. The van der Waals surface area contributed by atoms with Gasteiger partial charge in [0, 0.05) is 19.0 Å². The molecule has 0 spiro atoms. The van der Waals surface area contributed by atoms with E-state index in [1.165, 1.54) is 4.90 Å². The molecule has 10 heteroatoms. The van der Waals surface area contributed by atoms with Crippen LogP contribution in [0, 0.1) is 0 Å². The van der Waals surface area contributed by atoms with E-state index in [0.717, 1.165) is 0 Å². The molecule has 0 aromatic heterocycles. The Hall–Kier alpha value is -1.81. The van der Waals surface area contributed by atoms with E-state index in [4.69, 9.17) is 4.74 Å². The van der Waals surface area contributed by atoms with E-state index in [9.17, 15) is 36.2 Å². The number of benzene rings is 1. The summed E-state index contributed by atoms with van der Waals surface area (Å²) in [5, 5.41) is 9.47. The molecule has 1 amide bonds. The first-order valence-electron chi connectivity index (χ1n) is 7.83. The lowest BCUT2D eigenvalue weighted by Gasteiger charge is -2.17. The SMILES string of the molecule is O=C1C(O)C[C@H]2C[C@@H](OCc3cc(C(F)(F)F)cc(C(F)(F)F)c3)CN12. The van der Waals surface area contributed by atoms with Crippen LogP contribution < -0.4 is 0 Å². The lowest BCUT2D eigenvalue weighted by molar-refractivity contribution is -0.143. The quantitative estimate of drug-likeness (QED) is 0.817. The summed E-state index contributed by atoms with van der Waals surface area (Å²) >= 11 is 0. The van der Waals surface area contributed by atoms with Gasteiger partial charge in [0.1, 0.15) is 6.10 Å². The molecule has 2 fully saturated rings. The van der Waals surface area contributed by atoms with Crippen LogP contribution in [0.4, 0.5) is 26.3 Å². The fourth-order valence-electron chi connectivity index (χ4n) is 3.35. The summed E-state index contributed by atoms with van der Waals surface area (Å²) < 4.78 is 82.5. The second-order valence-electron chi connectivity index (χ2n) is 6.48. The largest absolute Gasteiger partial charge is 0.416 e. The average Bonchev–Trinajstić information content (AvgIpc) is 3.03. The molecule has 4 nitrogen and oxygen atoms in total. The van der Waals surface area contributed by atoms with E-state index in [1.807, 2.05) is 0 Å². The zero-order chi connectivity index (χ0) is 19.3. The van der Waals surface area contributed by atoms with Crippen molar-refractivity contribution in [3.63, 3.8) is 0 Å². The molecule has 0 bridgehead atoms. The lowest BCUT2D eigenvalue weighted by Crippen LogP contribution is -2.32. The van der Waals surface area contributed by atoms with Crippen molar-refractivity contribution >= 4 is 5.91 Å². The van der Waals surface area contributed by atoms with Crippen molar-refractivity contribution < 1.29 is 41.0 Å². The normalized spacial score (nSPS) is 26.5. The van der Waals surface area contributed by atoms with Crippen molar-refractivity contribution in [2.45, 2.75) is 50.1 Å². The number of aliphatic hydroxyl groups is 1. The van der Waals surface area contributed by atoms with Gasteiger partial charge in [-0.25, -0.2) is 0 Å². The highest BCUT2D eigenvalue weighted by molar-refractivity contribution is 5.83. The first kappa shape index (κ1) is 19.0. The van der Waals surface area contributed by atoms with E-state index in [-0.39, 0.29) is 30.6 Å². The Morgan fingerprint density at radius 3 is 2.12 bits per heavy atom. The van der Waals surface area contributed by atoms with Crippen molar-refractivity contribution in [3.05, 3.63) is 34.9 Å². The number of carbonyl (C=O) groups excluding carboxylic acids is 1. The minimum Gasteiger partial charge on any atom is -0.383 e. The summed E-state index contributed by atoms with van der Waals surface area (Å²) in [6, 6.07) is 1.10. The molecule has 0 aliphatic carbocycles. The molecule has 3 atom stereocenters. The summed E-state index contributed by atoms with van der Waals surface area (Å²) in [7, 11) is 0. The molecule has 2 heterocycles. The standard InChI is InChI=1S/C16H15F6NO3/c17-15(18,19)9-1-8(2-10(3-9)16(20,21)22)7-26-12-4-11-5-13(24)14(25)23(11)6-12/h1-3,11-13,24H,4-7H2/t11-,12-,13?/m1/s1. The molecule has 0 radical (unpaired) electrons. The van der Waals surface area contributed by atoms with Crippen LogP contribution in [-0.4, -0.2) is 40.7 Å². The zero-order valence-electron chi connectivity index (χ0n) is 13.3. The molecule has 26 heavy (non-hydrogen) atoms. The van der Waals surface area contributed by atoms with Gasteiger partial charge < -0.3 is 14.7 Å². The predicted octanol–water partition coefficient (Wildman–Crippen LogP) is 2.97. The van der Waals surface area contributed by atoms with Gasteiger partial charge in [0.15, 0.2) is 0 Å². The van der Waals surface area contributed by atoms with Gasteiger partial charge in [-0.15, -0.1) is 0 Å². The molecule has 1 aromatic rings. The van der Waals surface area contributed by atoms with Crippen molar-refractivity contribution in [1.29, 1.82) is 0 Å². The molecular formula is C16H15F6NO3. The number of amides is 1. The highest BCUT2D eigenvalue weighted by Crippen LogP contribution is 2.37. The van der Waals surface area contributed by atoms with Crippen LogP contribution in [0.3, 0.4) is 0 Å². The van der Waals surface area contributed by atoms with Gasteiger partial charge in [0.2, 0.25) is 0 Å². The number of rotatable bonds is 3. The van der Waals surface area contributed by atoms with Crippen molar-refractivity contribution in [3.8, 4) is 0 Å². The minimum absolute atomic E-state index is 0.0647. The number of ether oxygens (including phenoxy) is 1. The second-order valence-corrected chi connectivity index (χ2v) is 6.48. The van der Waals surface area contributed by atoms with E-state index in [2.05, 4.69) is 0 Å². The summed E-state index contributed by atoms with van der Waals surface area (Å²) in [6.07, 6.45) is -10.7. The third-order valence-electron chi connectivity index (χ3n) is 4.57. The molecule has 2 saturated heterocycles. The number of nitrogens with zero attached hydrogens (tertiary/aromatic N) is 1. The van der Waals surface area contributed by atoms with Crippen LogP contribution in [0.1, 0.15) is 29.5 Å². The minimum atomic E-state index is -4.91. The Balaban J connectivity index is 1.71. The number of carbonyl (C=O) groups is 1. The molecule has 2 aliphatic rings. The van der Waals surface area contributed by atoms with Gasteiger partial charge in [-0.2, -0.15) is 26.3 Å². The maximum Gasteiger partial charge on any atom is 0.416 e. The van der Waals surface area contributed by atoms with Crippen LogP contribution in [0.25, 0.3) is 0 Å².